The number of ether oxygens (including phenoxy) is 1. The number of ketones is 1. The van der Waals surface area contributed by atoms with Gasteiger partial charge < -0.3 is 9.84 Å². The summed E-state index contributed by atoms with van der Waals surface area (Å²) >= 11 is 0. The zero-order valence-corrected chi connectivity index (χ0v) is 8.68. The predicted octanol–water partition coefficient (Wildman–Crippen LogP) is 1.44. The molecule has 0 aromatic carbocycles. The number of allylic oxidation sites excluding steroid dienone is 1. The van der Waals surface area contributed by atoms with Gasteiger partial charge in [0.25, 0.3) is 0 Å². The molecular formula is C8H14MnO3. The van der Waals surface area contributed by atoms with E-state index in [0.29, 0.717) is 6.42 Å². The fraction of sp³-hybridized carbons (Fsp3) is 0.625. The topological polar surface area (TPSA) is 46.5 Å². The van der Waals surface area contributed by atoms with E-state index < -0.39 is 6.10 Å². The number of carbonyl (C=O) groups excluding carboxylic acids is 1. The molecular weight excluding hydrogens is 199 g/mol. The van der Waals surface area contributed by atoms with Gasteiger partial charge in [-0.25, -0.2) is 0 Å². The maximum Gasteiger partial charge on any atom is 0.158 e. The molecule has 0 fully saturated rings. The van der Waals surface area contributed by atoms with Gasteiger partial charge in [0.2, 0.25) is 0 Å². The van der Waals surface area contributed by atoms with Gasteiger partial charge >= 0.3 is 0 Å². The predicted molar refractivity (Wildman–Crippen MR) is 42.5 cm³/mol. The van der Waals surface area contributed by atoms with Gasteiger partial charge in [-0.2, -0.15) is 0 Å². The van der Waals surface area contributed by atoms with Crippen LogP contribution in [-0.4, -0.2) is 24.1 Å². The Kier molecular flexibility index (Phi) is 8.71. The largest absolute Gasteiger partial charge is 0.509 e. The monoisotopic (exact) mass is 213 g/mol. The molecule has 0 aliphatic heterocycles. The number of methoxy groups -OCH3 is 1. The molecule has 0 aliphatic rings. The smallest absolute Gasteiger partial charge is 0.158 e. The Morgan fingerprint density at radius 3 is 2.50 bits per heavy atom. The van der Waals surface area contributed by atoms with Crippen LogP contribution in [-0.2, 0) is 26.6 Å². The molecule has 0 saturated carbocycles. The zero-order chi connectivity index (χ0) is 8.85. The molecule has 0 heterocycles. The maximum absolute atomic E-state index is 10.8. The molecule has 1 radical (unpaired) electrons. The molecule has 0 aromatic heterocycles. The minimum atomic E-state index is -0.398. The van der Waals surface area contributed by atoms with Crippen molar-refractivity contribution in [2.75, 3.05) is 7.11 Å². The summed E-state index contributed by atoms with van der Waals surface area (Å²) in [6.45, 7) is 3.42. The van der Waals surface area contributed by atoms with Crippen LogP contribution in [0, 0.1) is 0 Å². The second kappa shape index (κ2) is 7.34. The zero-order valence-electron chi connectivity index (χ0n) is 7.50. The Labute approximate surface area is 83.3 Å². The second-order valence-electron chi connectivity index (χ2n) is 2.27. The number of hydrogen-bond donors (Lipinski definition) is 1. The van der Waals surface area contributed by atoms with Crippen molar-refractivity contribution in [2.24, 2.45) is 0 Å². The maximum atomic E-state index is 10.8. The normalized spacial score (nSPS) is 13.4. The molecule has 0 saturated heterocycles. The Hall–Kier alpha value is -0.311. The van der Waals surface area contributed by atoms with E-state index in [1.165, 1.54) is 13.2 Å². The fourth-order valence-electron chi connectivity index (χ4n) is 0.505. The number of rotatable bonds is 4. The van der Waals surface area contributed by atoms with E-state index >= 15 is 0 Å². The van der Waals surface area contributed by atoms with Crippen molar-refractivity contribution in [1.29, 1.82) is 0 Å². The van der Waals surface area contributed by atoms with Crippen LogP contribution in [0.4, 0.5) is 0 Å². The molecule has 1 unspecified atom stereocenters. The molecule has 0 spiro atoms. The van der Waals surface area contributed by atoms with Gasteiger partial charge in [-0.05, 0) is 6.92 Å². The first-order valence-electron chi connectivity index (χ1n) is 3.58. The summed E-state index contributed by atoms with van der Waals surface area (Å²) < 4.78 is 4.79. The number of aliphatic hydroxyl groups is 1. The van der Waals surface area contributed by atoms with Crippen molar-refractivity contribution in [3.63, 3.8) is 0 Å². The van der Waals surface area contributed by atoms with E-state index in [1.807, 2.05) is 0 Å². The van der Waals surface area contributed by atoms with Gasteiger partial charge in [0, 0.05) is 36.7 Å². The van der Waals surface area contributed by atoms with Crippen LogP contribution < -0.4 is 0 Å². The second-order valence-corrected chi connectivity index (χ2v) is 2.27. The Balaban J connectivity index is 0. The van der Waals surface area contributed by atoms with Gasteiger partial charge in [-0.1, -0.05) is 6.92 Å². The molecule has 0 amide bonds. The Bertz CT molecular complexity index is 166. The minimum absolute atomic E-state index is 0. The first-order chi connectivity index (χ1) is 5.11. The Morgan fingerprint density at radius 1 is 1.67 bits per heavy atom. The van der Waals surface area contributed by atoms with Crippen molar-refractivity contribution in [3.8, 4) is 0 Å². The van der Waals surface area contributed by atoms with E-state index in [1.54, 1.807) is 13.8 Å². The minimum Gasteiger partial charge on any atom is -0.509 e. The molecule has 1 N–H and O–H groups in total. The summed E-state index contributed by atoms with van der Waals surface area (Å²) in [4.78, 5) is 10.8. The molecule has 0 rings (SSSR count). The summed E-state index contributed by atoms with van der Waals surface area (Å²) in [5, 5.41) is 9.13. The Morgan fingerprint density at radius 2 is 2.17 bits per heavy atom. The average Bonchev–Trinajstić information content (AvgIpc) is 2.02. The third-order valence-corrected chi connectivity index (χ3v) is 1.43. The van der Waals surface area contributed by atoms with E-state index in [-0.39, 0.29) is 28.6 Å². The van der Waals surface area contributed by atoms with Gasteiger partial charge in [-0.15, -0.1) is 0 Å². The summed E-state index contributed by atoms with van der Waals surface area (Å²) in [7, 11) is 1.48. The van der Waals surface area contributed by atoms with Crippen LogP contribution in [0.15, 0.2) is 11.8 Å². The quantitative estimate of drug-likeness (QED) is 0.436. The number of hydrogen-bond acceptors (Lipinski definition) is 3. The molecule has 4 heteroatoms. The van der Waals surface area contributed by atoms with Crippen LogP contribution in [0.3, 0.4) is 0 Å². The third kappa shape index (κ3) is 5.35. The van der Waals surface area contributed by atoms with Gasteiger partial charge in [0.1, 0.15) is 11.9 Å². The molecule has 0 bridgehead atoms. The molecule has 1 atom stereocenters. The van der Waals surface area contributed by atoms with Crippen LogP contribution in [0.25, 0.3) is 0 Å². The average molecular weight is 213 g/mol. The van der Waals surface area contributed by atoms with Crippen LogP contribution in [0.5, 0.6) is 0 Å². The van der Waals surface area contributed by atoms with Crippen LogP contribution >= 0.6 is 0 Å². The van der Waals surface area contributed by atoms with E-state index in [9.17, 15) is 4.79 Å². The summed E-state index contributed by atoms with van der Waals surface area (Å²) in [6.07, 6.45) is 1.21. The fourth-order valence-corrected chi connectivity index (χ4v) is 0.505. The SMILES string of the molecule is CCC(=O)/C=C(\O)C(C)OC.[Mn]. The number of aliphatic hydroxyl groups excluding tert-OH is 1. The van der Waals surface area contributed by atoms with Gasteiger partial charge in [0.15, 0.2) is 5.78 Å². The van der Waals surface area contributed by atoms with Gasteiger partial charge in [-0.3, -0.25) is 4.79 Å². The molecule has 3 nitrogen and oxygen atoms in total. The van der Waals surface area contributed by atoms with Crippen molar-refractivity contribution in [1.82, 2.24) is 0 Å². The van der Waals surface area contributed by atoms with E-state index in [0.717, 1.165) is 0 Å². The summed E-state index contributed by atoms with van der Waals surface area (Å²) in [5.74, 6) is -0.106. The standard InChI is InChI=1S/C8H14O3.Mn/c1-4-7(9)5-8(10)6(2)11-3;/h5-6,10H,4H2,1-3H3;/b8-5-;. The summed E-state index contributed by atoms with van der Waals surface area (Å²) in [5.41, 5.74) is 0. The van der Waals surface area contributed by atoms with E-state index in [4.69, 9.17) is 9.84 Å². The van der Waals surface area contributed by atoms with Crippen LogP contribution in [0.1, 0.15) is 20.3 Å². The van der Waals surface area contributed by atoms with Crippen molar-refractivity contribution < 1.29 is 31.7 Å². The van der Waals surface area contributed by atoms with E-state index in [2.05, 4.69) is 0 Å². The molecule has 12 heavy (non-hydrogen) atoms. The van der Waals surface area contributed by atoms with Crippen LogP contribution in [0.2, 0.25) is 0 Å². The van der Waals surface area contributed by atoms with Crippen molar-refractivity contribution in [2.45, 2.75) is 26.4 Å². The van der Waals surface area contributed by atoms with Crippen molar-refractivity contribution in [3.05, 3.63) is 11.8 Å². The first-order valence-corrected chi connectivity index (χ1v) is 3.58. The molecule has 71 valence electrons. The third-order valence-electron chi connectivity index (χ3n) is 1.43. The molecule has 0 aliphatic carbocycles. The summed E-state index contributed by atoms with van der Waals surface area (Å²) in [6, 6.07) is 0. The number of carbonyl (C=O) groups is 1. The first kappa shape index (κ1) is 14.2. The van der Waals surface area contributed by atoms with Gasteiger partial charge in [0.05, 0.1) is 0 Å². The molecule has 0 aromatic rings. The van der Waals surface area contributed by atoms with Crippen molar-refractivity contribution >= 4 is 5.78 Å².